The average molecular weight is 474 g/mol. The van der Waals surface area contributed by atoms with Crippen molar-refractivity contribution in [2.24, 2.45) is 5.92 Å². The second kappa shape index (κ2) is 10.1. The molecule has 7 nitrogen and oxygen atoms in total. The molecule has 1 heterocycles. The van der Waals surface area contributed by atoms with Gasteiger partial charge in [0.2, 0.25) is 0 Å². The number of benzene rings is 2. The number of carbonyl (C=O) groups excluding carboxylic acids is 2. The second-order valence-corrected chi connectivity index (χ2v) is 8.25. The molecule has 0 atom stereocenters. The zero-order chi connectivity index (χ0) is 25.0. The molecule has 0 aliphatic carbocycles. The molecule has 10 heteroatoms. The van der Waals surface area contributed by atoms with Crippen LogP contribution < -0.4 is 10.9 Å². The summed E-state index contributed by atoms with van der Waals surface area (Å²) in [5.74, 6) is -2.36. The summed E-state index contributed by atoms with van der Waals surface area (Å²) in [6, 6.07) is 12.9. The predicted molar refractivity (Wildman–Crippen MR) is 122 cm³/mol. The minimum Gasteiger partial charge on any atom is -0.331 e. The number of hydrogen-bond acceptors (Lipinski definition) is 4. The number of nitrogens with zero attached hydrogens (tertiary/aromatic N) is 3. The Kier molecular flexibility index (Phi) is 7.38. The van der Waals surface area contributed by atoms with Crippen molar-refractivity contribution >= 4 is 28.3 Å². The third-order valence-corrected chi connectivity index (χ3v) is 5.09. The molecule has 0 radical (unpaired) electrons. The Morgan fingerprint density at radius 2 is 1.76 bits per heavy atom. The van der Waals surface area contributed by atoms with Gasteiger partial charge in [-0.1, -0.05) is 44.2 Å². The standard InChI is InChI=1S/C24H25F3N4O3/c1-4-30(23(34)24(25,26)27)14-16-8-7-9-17(12-16)28-21(32)20-18-10-5-6-11-19(18)22(33)31(29-20)13-15(2)3/h5-12,15H,4,13-14H2,1-3H3,(H,28,32). The van der Waals surface area contributed by atoms with Crippen LogP contribution in [0.2, 0.25) is 0 Å². The third-order valence-electron chi connectivity index (χ3n) is 5.09. The summed E-state index contributed by atoms with van der Waals surface area (Å²) in [4.78, 5) is 38.1. The van der Waals surface area contributed by atoms with E-state index in [1.54, 1.807) is 42.5 Å². The number of halogens is 3. The Morgan fingerprint density at radius 1 is 1.09 bits per heavy atom. The van der Waals surface area contributed by atoms with Crippen LogP contribution >= 0.6 is 0 Å². The Morgan fingerprint density at radius 3 is 2.38 bits per heavy atom. The fraction of sp³-hybridized carbons (Fsp3) is 0.333. The van der Waals surface area contributed by atoms with Crippen molar-refractivity contribution in [2.75, 3.05) is 11.9 Å². The van der Waals surface area contributed by atoms with Crippen LogP contribution in [-0.2, 0) is 17.9 Å². The van der Waals surface area contributed by atoms with Crippen molar-refractivity contribution in [3.63, 3.8) is 0 Å². The molecule has 0 bridgehead atoms. The smallest absolute Gasteiger partial charge is 0.331 e. The highest BCUT2D eigenvalue weighted by atomic mass is 19.4. The molecule has 3 rings (SSSR count). The number of alkyl halides is 3. The lowest BCUT2D eigenvalue weighted by molar-refractivity contribution is -0.185. The first kappa shape index (κ1) is 24.9. The van der Waals surface area contributed by atoms with Gasteiger partial charge in [0.1, 0.15) is 0 Å². The van der Waals surface area contributed by atoms with E-state index in [4.69, 9.17) is 0 Å². The van der Waals surface area contributed by atoms with E-state index in [1.165, 1.54) is 17.7 Å². The third kappa shape index (κ3) is 5.62. The van der Waals surface area contributed by atoms with Crippen molar-refractivity contribution in [3.8, 4) is 0 Å². The van der Waals surface area contributed by atoms with E-state index in [9.17, 15) is 27.6 Å². The maximum absolute atomic E-state index is 13.1. The lowest BCUT2D eigenvalue weighted by atomic mass is 10.1. The average Bonchev–Trinajstić information content (AvgIpc) is 2.78. The van der Waals surface area contributed by atoms with Crippen LogP contribution in [0.5, 0.6) is 0 Å². The highest BCUT2D eigenvalue weighted by Gasteiger charge is 2.41. The van der Waals surface area contributed by atoms with Gasteiger partial charge in [-0.25, -0.2) is 4.68 Å². The first-order valence-electron chi connectivity index (χ1n) is 10.8. The van der Waals surface area contributed by atoms with Gasteiger partial charge in [-0.2, -0.15) is 18.3 Å². The monoisotopic (exact) mass is 474 g/mol. The molecule has 0 aliphatic heterocycles. The molecular weight excluding hydrogens is 449 g/mol. The van der Waals surface area contributed by atoms with E-state index in [0.29, 0.717) is 33.5 Å². The summed E-state index contributed by atoms with van der Waals surface area (Å²) < 4.78 is 39.7. The number of aromatic nitrogens is 2. The van der Waals surface area contributed by atoms with Gasteiger partial charge in [-0.05, 0) is 36.6 Å². The van der Waals surface area contributed by atoms with Crippen molar-refractivity contribution in [1.29, 1.82) is 0 Å². The zero-order valence-corrected chi connectivity index (χ0v) is 19.0. The highest BCUT2D eigenvalue weighted by Crippen LogP contribution is 2.21. The van der Waals surface area contributed by atoms with Crippen LogP contribution in [0.3, 0.4) is 0 Å². The molecule has 0 saturated heterocycles. The van der Waals surface area contributed by atoms with Gasteiger partial charge in [0, 0.05) is 30.7 Å². The summed E-state index contributed by atoms with van der Waals surface area (Å²) in [5, 5.41) is 7.74. The van der Waals surface area contributed by atoms with Crippen LogP contribution in [0.1, 0.15) is 36.8 Å². The van der Waals surface area contributed by atoms with Crippen LogP contribution in [0.15, 0.2) is 53.3 Å². The van der Waals surface area contributed by atoms with Gasteiger partial charge in [-0.15, -0.1) is 0 Å². The first-order valence-corrected chi connectivity index (χ1v) is 10.8. The van der Waals surface area contributed by atoms with E-state index in [0.717, 1.165) is 0 Å². The van der Waals surface area contributed by atoms with Gasteiger partial charge < -0.3 is 10.2 Å². The van der Waals surface area contributed by atoms with Gasteiger partial charge >= 0.3 is 12.1 Å². The molecular formula is C24H25F3N4O3. The lowest BCUT2D eigenvalue weighted by Gasteiger charge is -2.22. The van der Waals surface area contributed by atoms with E-state index >= 15 is 0 Å². The number of amides is 2. The van der Waals surface area contributed by atoms with Crippen molar-refractivity contribution in [2.45, 2.75) is 40.0 Å². The molecule has 2 amide bonds. The van der Waals surface area contributed by atoms with E-state index < -0.39 is 18.0 Å². The fourth-order valence-corrected chi connectivity index (χ4v) is 3.54. The fourth-order valence-electron chi connectivity index (χ4n) is 3.54. The summed E-state index contributed by atoms with van der Waals surface area (Å²) in [7, 11) is 0. The van der Waals surface area contributed by atoms with Gasteiger partial charge in [0.15, 0.2) is 5.69 Å². The molecule has 3 aromatic rings. The minimum atomic E-state index is -4.96. The van der Waals surface area contributed by atoms with Crippen LogP contribution in [0.25, 0.3) is 10.8 Å². The summed E-state index contributed by atoms with van der Waals surface area (Å²) >= 11 is 0. The SMILES string of the molecule is CCN(Cc1cccc(NC(=O)c2nn(CC(C)C)c(=O)c3ccccc23)c1)C(=O)C(F)(F)F. The van der Waals surface area contributed by atoms with Crippen LogP contribution in [-0.4, -0.2) is 39.2 Å². The number of hydrogen-bond donors (Lipinski definition) is 1. The minimum absolute atomic E-state index is 0.0590. The molecule has 0 unspecified atom stereocenters. The zero-order valence-electron chi connectivity index (χ0n) is 19.0. The summed E-state index contributed by atoms with van der Waals surface area (Å²) in [6.07, 6.45) is -4.96. The van der Waals surface area contributed by atoms with Crippen molar-refractivity contribution in [1.82, 2.24) is 14.7 Å². The Bertz CT molecular complexity index is 1270. The quantitative estimate of drug-likeness (QED) is 0.556. The molecule has 0 saturated carbocycles. The maximum Gasteiger partial charge on any atom is 0.471 e. The lowest BCUT2D eigenvalue weighted by Crippen LogP contribution is -2.40. The van der Waals surface area contributed by atoms with Crippen molar-refractivity contribution in [3.05, 3.63) is 70.1 Å². The summed E-state index contributed by atoms with van der Waals surface area (Å²) in [5.41, 5.74) is 0.505. The molecule has 180 valence electrons. The molecule has 0 spiro atoms. The molecule has 34 heavy (non-hydrogen) atoms. The second-order valence-electron chi connectivity index (χ2n) is 8.25. The normalized spacial score (nSPS) is 11.6. The maximum atomic E-state index is 13.1. The highest BCUT2D eigenvalue weighted by molar-refractivity contribution is 6.11. The molecule has 0 fully saturated rings. The van der Waals surface area contributed by atoms with Crippen LogP contribution in [0.4, 0.5) is 18.9 Å². The molecule has 1 aromatic heterocycles. The van der Waals surface area contributed by atoms with E-state index in [-0.39, 0.29) is 30.3 Å². The Balaban J connectivity index is 1.90. The van der Waals surface area contributed by atoms with Crippen LogP contribution in [0, 0.1) is 5.92 Å². The number of fused-ring (bicyclic) bond motifs is 1. The predicted octanol–water partition coefficient (Wildman–Crippen LogP) is 4.22. The number of nitrogens with one attached hydrogen (secondary N) is 1. The first-order chi connectivity index (χ1) is 16.0. The number of carbonyl (C=O) groups is 2. The van der Waals surface area contributed by atoms with Gasteiger partial charge in [0.25, 0.3) is 11.5 Å². The molecule has 2 aromatic carbocycles. The molecule has 0 aliphatic rings. The van der Waals surface area contributed by atoms with Crippen molar-refractivity contribution < 1.29 is 22.8 Å². The Hall–Kier alpha value is -3.69. The summed E-state index contributed by atoms with van der Waals surface area (Å²) in [6.45, 7) is 5.26. The Labute approximate surface area is 194 Å². The van der Waals surface area contributed by atoms with E-state index in [2.05, 4.69) is 10.4 Å². The number of anilines is 1. The topological polar surface area (TPSA) is 84.3 Å². The van der Waals surface area contributed by atoms with Gasteiger partial charge in [-0.3, -0.25) is 14.4 Å². The largest absolute Gasteiger partial charge is 0.471 e. The number of rotatable bonds is 7. The van der Waals surface area contributed by atoms with E-state index in [1.807, 2.05) is 13.8 Å². The molecule has 1 N–H and O–H groups in total. The van der Waals surface area contributed by atoms with Gasteiger partial charge in [0.05, 0.1) is 5.39 Å².